The fourth-order valence-corrected chi connectivity index (χ4v) is 1.16. The first kappa shape index (κ1) is 6.35. The lowest BCUT2D eigenvalue weighted by molar-refractivity contribution is 0.294. The molecule has 0 aliphatic heterocycles. The molecule has 0 aromatic rings. The van der Waals surface area contributed by atoms with Crippen molar-refractivity contribution in [2.24, 2.45) is 11.8 Å². The first-order chi connectivity index (χ1) is 4.38. The predicted octanol–water partition coefficient (Wildman–Crippen LogP) is 2.11. The highest BCUT2D eigenvalue weighted by Crippen LogP contribution is 2.34. The second-order valence-corrected chi connectivity index (χ2v) is 2.50. The van der Waals surface area contributed by atoms with Gasteiger partial charge in [-0.25, -0.2) is 0 Å². The van der Waals surface area contributed by atoms with Crippen molar-refractivity contribution in [2.75, 3.05) is 0 Å². The minimum absolute atomic E-state index is 0.321. The molecule has 0 aromatic heterocycles. The summed E-state index contributed by atoms with van der Waals surface area (Å²) in [6.45, 7) is 2.01. The molecule has 0 unspecified atom stereocenters. The Balaban J connectivity index is 2.38. The molecule has 1 saturated carbocycles. The molecule has 0 bridgehead atoms. The van der Waals surface area contributed by atoms with Gasteiger partial charge in [-0.3, -0.25) is 0 Å². The van der Waals surface area contributed by atoms with Gasteiger partial charge >= 0.3 is 0 Å². The van der Waals surface area contributed by atoms with E-state index in [0.717, 1.165) is 6.42 Å². The van der Waals surface area contributed by atoms with Crippen LogP contribution in [0.5, 0.6) is 0 Å². The molecule has 2 atom stereocenters. The molecule has 0 spiro atoms. The zero-order valence-electron chi connectivity index (χ0n) is 5.67. The molecular weight excluding hydrogens is 110 g/mol. The first-order valence-corrected chi connectivity index (χ1v) is 3.41. The number of hydrogen-bond donors (Lipinski definition) is 0. The average Bonchev–Trinajstić information content (AvgIpc) is 1.82. The van der Waals surface area contributed by atoms with Crippen LogP contribution in [-0.4, -0.2) is 0 Å². The van der Waals surface area contributed by atoms with Crippen LogP contribution in [0.25, 0.3) is 0 Å². The van der Waals surface area contributed by atoms with Crippen molar-refractivity contribution in [3.05, 3.63) is 12.2 Å². The Labute approximate surface area is 56.0 Å². The van der Waals surface area contributed by atoms with Crippen LogP contribution in [0.1, 0.15) is 19.8 Å². The van der Waals surface area contributed by atoms with Crippen molar-refractivity contribution in [2.45, 2.75) is 19.8 Å². The maximum atomic E-state index is 8.50. The third-order valence-electron chi connectivity index (χ3n) is 1.93. The summed E-state index contributed by atoms with van der Waals surface area (Å²) in [5, 5.41) is 8.50. The largest absolute Gasteiger partial charge is 0.198 e. The molecule has 0 amide bonds. The number of nitrogens with zero attached hydrogens (tertiary/aromatic N) is 1. The summed E-state index contributed by atoms with van der Waals surface area (Å²) in [5.74, 6) is 0.890. The second-order valence-electron chi connectivity index (χ2n) is 2.50. The molecule has 48 valence electrons. The fourth-order valence-electron chi connectivity index (χ4n) is 1.16. The Bertz CT molecular complexity index is 152. The average molecular weight is 121 g/mol. The van der Waals surface area contributed by atoms with Crippen LogP contribution in [0.4, 0.5) is 0 Å². The van der Waals surface area contributed by atoms with Crippen molar-refractivity contribution < 1.29 is 0 Å². The lowest BCUT2D eigenvalue weighted by Crippen LogP contribution is -2.21. The molecule has 0 saturated heterocycles. The number of allylic oxidation sites excluding steroid dienone is 2. The molecule has 0 N–H and O–H groups in total. The summed E-state index contributed by atoms with van der Waals surface area (Å²) in [5.41, 5.74) is 0. The Morgan fingerprint density at radius 1 is 1.56 bits per heavy atom. The molecule has 1 nitrogen and oxygen atoms in total. The van der Waals surface area contributed by atoms with Crippen molar-refractivity contribution >= 4 is 0 Å². The second kappa shape index (κ2) is 2.68. The van der Waals surface area contributed by atoms with Gasteiger partial charge < -0.3 is 0 Å². The van der Waals surface area contributed by atoms with E-state index in [1.165, 1.54) is 6.42 Å². The Morgan fingerprint density at radius 3 is 2.67 bits per heavy atom. The van der Waals surface area contributed by atoms with Gasteiger partial charge in [0, 0.05) is 0 Å². The normalized spacial score (nSPS) is 33.8. The maximum Gasteiger partial charge on any atom is 0.0661 e. The smallest absolute Gasteiger partial charge is 0.0661 e. The molecule has 1 fully saturated rings. The van der Waals surface area contributed by atoms with Gasteiger partial charge in [-0.15, -0.1) is 0 Å². The zero-order valence-corrected chi connectivity index (χ0v) is 5.67. The highest BCUT2D eigenvalue weighted by Gasteiger charge is 2.27. The molecule has 1 aliphatic rings. The van der Waals surface area contributed by atoms with E-state index in [1.54, 1.807) is 0 Å². The number of nitriles is 1. The predicted molar refractivity (Wildman–Crippen MR) is 36.6 cm³/mol. The van der Waals surface area contributed by atoms with Gasteiger partial charge in [0.05, 0.1) is 12.0 Å². The van der Waals surface area contributed by atoms with Gasteiger partial charge in [0.1, 0.15) is 0 Å². The Hall–Kier alpha value is -0.770. The van der Waals surface area contributed by atoms with Gasteiger partial charge in [0.15, 0.2) is 0 Å². The highest BCUT2D eigenvalue weighted by atomic mass is 14.4. The zero-order chi connectivity index (χ0) is 6.69. The molecular formula is C8H11N. The number of rotatable bonds is 1. The van der Waals surface area contributed by atoms with Crippen LogP contribution >= 0.6 is 0 Å². The molecule has 9 heavy (non-hydrogen) atoms. The molecule has 1 rings (SSSR count). The van der Waals surface area contributed by atoms with Gasteiger partial charge in [0.2, 0.25) is 0 Å². The SMILES string of the molecule is C/C=C/[C@H]1CC[C@@H]1C#N. The van der Waals surface area contributed by atoms with Gasteiger partial charge in [-0.05, 0) is 25.7 Å². The van der Waals surface area contributed by atoms with Crippen LogP contribution in [0.15, 0.2) is 12.2 Å². The minimum atomic E-state index is 0.321. The van der Waals surface area contributed by atoms with Crippen LogP contribution in [0, 0.1) is 23.2 Å². The van der Waals surface area contributed by atoms with Crippen LogP contribution in [0.2, 0.25) is 0 Å². The molecule has 1 heteroatoms. The van der Waals surface area contributed by atoms with E-state index in [-0.39, 0.29) is 0 Å². The fraction of sp³-hybridized carbons (Fsp3) is 0.625. The lowest BCUT2D eigenvalue weighted by atomic mass is 9.74. The monoisotopic (exact) mass is 121 g/mol. The lowest BCUT2D eigenvalue weighted by Gasteiger charge is -2.28. The highest BCUT2D eigenvalue weighted by molar-refractivity contribution is 5.04. The van der Waals surface area contributed by atoms with Crippen LogP contribution in [-0.2, 0) is 0 Å². The van der Waals surface area contributed by atoms with E-state index in [0.29, 0.717) is 11.8 Å². The van der Waals surface area contributed by atoms with Crippen molar-refractivity contribution in [1.82, 2.24) is 0 Å². The third-order valence-corrected chi connectivity index (χ3v) is 1.93. The molecule has 0 radical (unpaired) electrons. The quantitative estimate of drug-likeness (QED) is 0.487. The molecule has 0 aromatic carbocycles. The summed E-state index contributed by atoms with van der Waals surface area (Å²) >= 11 is 0. The first-order valence-electron chi connectivity index (χ1n) is 3.41. The van der Waals surface area contributed by atoms with E-state index in [9.17, 15) is 0 Å². The van der Waals surface area contributed by atoms with E-state index < -0.39 is 0 Å². The van der Waals surface area contributed by atoms with E-state index in [1.807, 2.05) is 13.0 Å². The van der Waals surface area contributed by atoms with Crippen molar-refractivity contribution in [3.8, 4) is 6.07 Å². The van der Waals surface area contributed by atoms with E-state index in [4.69, 9.17) is 5.26 Å². The van der Waals surface area contributed by atoms with Crippen LogP contribution < -0.4 is 0 Å². The van der Waals surface area contributed by atoms with Gasteiger partial charge in [-0.2, -0.15) is 5.26 Å². The summed E-state index contributed by atoms with van der Waals surface area (Å²) < 4.78 is 0. The Morgan fingerprint density at radius 2 is 2.33 bits per heavy atom. The molecule has 1 aliphatic carbocycles. The van der Waals surface area contributed by atoms with Gasteiger partial charge in [0.25, 0.3) is 0 Å². The molecule has 0 heterocycles. The minimum Gasteiger partial charge on any atom is -0.198 e. The standard InChI is InChI=1S/C8H11N/c1-2-3-7-4-5-8(7)6-9/h2-3,7-8H,4-5H2,1H3/b3-2+/t7-,8+/m0/s1. The maximum absolute atomic E-state index is 8.50. The van der Waals surface area contributed by atoms with Gasteiger partial charge in [-0.1, -0.05) is 12.2 Å². The topological polar surface area (TPSA) is 23.8 Å². The summed E-state index contributed by atoms with van der Waals surface area (Å²) in [7, 11) is 0. The van der Waals surface area contributed by atoms with E-state index in [2.05, 4.69) is 12.1 Å². The summed E-state index contributed by atoms with van der Waals surface area (Å²) in [4.78, 5) is 0. The third kappa shape index (κ3) is 1.13. The Kier molecular flexibility index (Phi) is 1.89. The van der Waals surface area contributed by atoms with Crippen LogP contribution in [0.3, 0.4) is 0 Å². The van der Waals surface area contributed by atoms with E-state index >= 15 is 0 Å². The van der Waals surface area contributed by atoms with Crippen molar-refractivity contribution in [3.63, 3.8) is 0 Å². The summed E-state index contributed by atoms with van der Waals surface area (Å²) in [6, 6.07) is 2.29. The number of hydrogen-bond acceptors (Lipinski definition) is 1. The summed E-state index contributed by atoms with van der Waals surface area (Å²) in [6.07, 6.45) is 6.49. The van der Waals surface area contributed by atoms with Crippen molar-refractivity contribution in [1.29, 1.82) is 5.26 Å².